The summed E-state index contributed by atoms with van der Waals surface area (Å²) in [4.78, 5) is 4.50. The maximum atomic E-state index is 8.54. The molecule has 1 aromatic carbocycles. The number of fused-ring (bicyclic) bond motifs is 2. The molecule has 2 aliphatic rings. The number of aromatic nitrogens is 1. The van der Waals surface area contributed by atoms with Crippen LogP contribution in [-0.4, -0.2) is 18.0 Å². The molecule has 0 radical (unpaired) electrons. The van der Waals surface area contributed by atoms with Gasteiger partial charge in [0.2, 0.25) is 0 Å². The van der Waals surface area contributed by atoms with Crippen LogP contribution < -0.4 is 5.32 Å². The lowest BCUT2D eigenvalue weighted by atomic mass is 9.89. The van der Waals surface area contributed by atoms with Gasteiger partial charge in [0.05, 0.1) is 5.69 Å². The first-order chi connectivity index (χ1) is 13.1. The van der Waals surface area contributed by atoms with Crippen molar-refractivity contribution >= 4 is 17.2 Å². The van der Waals surface area contributed by atoms with E-state index in [2.05, 4.69) is 10.3 Å². The molecule has 0 bridgehead atoms. The van der Waals surface area contributed by atoms with Crippen LogP contribution in [0.25, 0.3) is 5.57 Å². The summed E-state index contributed by atoms with van der Waals surface area (Å²) >= 11 is 6.19. The topological polar surface area (TPSA) is 24.9 Å². The zero-order valence-corrected chi connectivity index (χ0v) is 12.6. The number of rotatable bonds is 0. The summed E-state index contributed by atoms with van der Waals surface area (Å²) in [6.45, 7) is -4.64. The molecule has 1 aliphatic heterocycles. The number of aryl methyl sites for hydroxylation is 2. The summed E-state index contributed by atoms with van der Waals surface area (Å²) in [7, 11) is 0. The molecule has 2 heterocycles. The molecule has 1 aromatic heterocycles. The van der Waals surface area contributed by atoms with Crippen molar-refractivity contribution in [1.82, 2.24) is 10.3 Å². The smallest absolute Gasteiger partial charge is 0.0739 e. The molecule has 1 fully saturated rings. The van der Waals surface area contributed by atoms with Crippen molar-refractivity contribution in [3.05, 3.63) is 69.5 Å². The molecular formula is C19H19ClN2. The minimum atomic E-state index is -2.32. The predicted octanol–water partition coefficient (Wildman–Crippen LogP) is 4.02. The van der Waals surface area contributed by atoms with Gasteiger partial charge in [0, 0.05) is 25.0 Å². The summed E-state index contributed by atoms with van der Waals surface area (Å²) in [6.07, 6.45) is 0.101. The van der Waals surface area contributed by atoms with Gasteiger partial charge < -0.3 is 5.32 Å². The van der Waals surface area contributed by atoms with Crippen LogP contribution >= 0.6 is 11.6 Å². The normalized spacial score (nSPS) is 33.0. The van der Waals surface area contributed by atoms with Gasteiger partial charge in [0.15, 0.2) is 0 Å². The van der Waals surface area contributed by atoms with Crippen molar-refractivity contribution in [2.45, 2.75) is 25.6 Å². The van der Waals surface area contributed by atoms with Gasteiger partial charge >= 0.3 is 0 Å². The quantitative estimate of drug-likeness (QED) is 0.794. The molecule has 1 N–H and O–H groups in total. The van der Waals surface area contributed by atoms with Crippen LogP contribution in [0.1, 0.15) is 43.4 Å². The van der Waals surface area contributed by atoms with Gasteiger partial charge in [-0.05, 0) is 73.5 Å². The van der Waals surface area contributed by atoms with E-state index in [-0.39, 0.29) is 5.57 Å². The van der Waals surface area contributed by atoms with Gasteiger partial charge in [-0.3, -0.25) is 4.98 Å². The molecule has 1 saturated heterocycles. The van der Waals surface area contributed by atoms with E-state index in [4.69, 9.17) is 19.8 Å². The number of halogens is 1. The molecule has 3 heteroatoms. The van der Waals surface area contributed by atoms with Crippen LogP contribution in [0.4, 0.5) is 0 Å². The highest BCUT2D eigenvalue weighted by Crippen LogP contribution is 2.37. The van der Waals surface area contributed by atoms with E-state index in [9.17, 15) is 0 Å². The zero-order chi connectivity index (χ0) is 20.3. The Morgan fingerprint density at radius 1 is 1.09 bits per heavy atom. The van der Waals surface area contributed by atoms with Gasteiger partial charge in [-0.25, -0.2) is 0 Å². The van der Waals surface area contributed by atoms with Crippen molar-refractivity contribution in [2.75, 3.05) is 13.0 Å². The third-order valence-electron chi connectivity index (χ3n) is 4.02. The highest BCUT2D eigenvalue weighted by atomic mass is 35.5. The van der Waals surface area contributed by atoms with Gasteiger partial charge in [-0.2, -0.15) is 0 Å². The Labute approximate surface area is 144 Å². The molecule has 4 rings (SSSR count). The number of piperidine rings is 1. The van der Waals surface area contributed by atoms with Crippen molar-refractivity contribution in [2.24, 2.45) is 0 Å². The van der Waals surface area contributed by atoms with Crippen LogP contribution in [0.2, 0.25) is 5.02 Å². The Balaban J connectivity index is 2.09. The Morgan fingerprint density at radius 2 is 1.91 bits per heavy atom. The first kappa shape index (κ1) is 8.85. The summed E-state index contributed by atoms with van der Waals surface area (Å²) < 4.78 is 49.7. The lowest BCUT2D eigenvalue weighted by molar-refractivity contribution is 0.611. The maximum Gasteiger partial charge on any atom is 0.0739 e. The number of hydrogen-bond acceptors (Lipinski definition) is 2. The van der Waals surface area contributed by atoms with Gasteiger partial charge in [-0.1, -0.05) is 29.3 Å². The van der Waals surface area contributed by atoms with Crippen molar-refractivity contribution in [1.29, 1.82) is 0 Å². The number of nitrogens with zero attached hydrogens (tertiary/aromatic N) is 1. The molecule has 2 nitrogen and oxygen atoms in total. The second-order valence-electron chi connectivity index (χ2n) is 5.35. The van der Waals surface area contributed by atoms with Gasteiger partial charge in [-0.15, -0.1) is 0 Å². The van der Waals surface area contributed by atoms with Crippen molar-refractivity contribution < 1.29 is 8.22 Å². The number of hydrogen-bond donors (Lipinski definition) is 1. The molecule has 2 aromatic rings. The van der Waals surface area contributed by atoms with Gasteiger partial charge in [0.25, 0.3) is 0 Å². The van der Waals surface area contributed by atoms with Crippen LogP contribution in [0.5, 0.6) is 0 Å². The first-order valence-corrected chi connectivity index (χ1v) is 7.60. The van der Waals surface area contributed by atoms with E-state index in [1.807, 2.05) is 18.2 Å². The fourth-order valence-electron chi connectivity index (χ4n) is 3.02. The fourth-order valence-corrected chi connectivity index (χ4v) is 3.22. The average Bonchev–Trinajstić information content (AvgIpc) is 2.77. The predicted molar refractivity (Wildman–Crippen MR) is 91.2 cm³/mol. The largest absolute Gasteiger partial charge is 0.316 e. The number of benzene rings is 1. The van der Waals surface area contributed by atoms with Crippen LogP contribution in [0.15, 0.2) is 42.1 Å². The number of pyridine rings is 1. The van der Waals surface area contributed by atoms with E-state index in [1.165, 1.54) is 0 Å². The molecule has 0 spiro atoms. The lowest BCUT2D eigenvalue weighted by Crippen LogP contribution is -2.24. The Morgan fingerprint density at radius 3 is 2.77 bits per heavy atom. The summed E-state index contributed by atoms with van der Waals surface area (Å²) in [5.41, 5.74) is 3.75. The van der Waals surface area contributed by atoms with E-state index >= 15 is 0 Å². The maximum absolute atomic E-state index is 8.54. The summed E-state index contributed by atoms with van der Waals surface area (Å²) in [6, 6.07) is 9.11. The van der Waals surface area contributed by atoms with Crippen molar-refractivity contribution in [3.63, 3.8) is 0 Å². The molecule has 0 amide bonds. The molecule has 1 aliphatic carbocycles. The van der Waals surface area contributed by atoms with Crippen molar-refractivity contribution in [3.8, 4) is 0 Å². The van der Waals surface area contributed by atoms with Gasteiger partial charge in [0.1, 0.15) is 0 Å². The van der Waals surface area contributed by atoms with E-state index in [0.29, 0.717) is 29.1 Å². The molecular weight excluding hydrogens is 292 g/mol. The monoisotopic (exact) mass is 316 g/mol. The standard InChI is InChI=1S/C19H19ClN2/c20-16-5-6-17-15(12-16)4-3-14-2-1-9-22-19(14)18(17)13-7-10-21-11-8-13/h1-2,5-6,9,12,21H,3-4,7-8,10-11H2/i7D,8D,10D2,11D2. The summed E-state index contributed by atoms with van der Waals surface area (Å²) in [5, 5.41) is 2.76. The first-order valence-electron chi connectivity index (χ1n) is 10.4. The highest BCUT2D eigenvalue weighted by Gasteiger charge is 2.23. The highest BCUT2D eigenvalue weighted by molar-refractivity contribution is 6.30. The average molecular weight is 317 g/mol. The van der Waals surface area contributed by atoms with E-state index < -0.39 is 25.8 Å². The van der Waals surface area contributed by atoms with Crippen LogP contribution in [-0.2, 0) is 12.8 Å². The third kappa shape index (κ3) is 2.47. The third-order valence-corrected chi connectivity index (χ3v) is 4.25. The molecule has 2 unspecified atom stereocenters. The minimum absolute atomic E-state index is 0.0965. The Bertz CT molecular complexity index is 953. The second kappa shape index (κ2) is 5.86. The molecule has 2 atom stereocenters. The minimum Gasteiger partial charge on any atom is -0.316 e. The fraction of sp³-hybridized carbons (Fsp3) is 0.316. The lowest BCUT2D eigenvalue weighted by Gasteiger charge is -2.21. The molecule has 0 saturated carbocycles. The zero-order valence-electron chi connectivity index (χ0n) is 17.9. The Kier molecular flexibility index (Phi) is 2.36. The summed E-state index contributed by atoms with van der Waals surface area (Å²) in [5.74, 6) is 0. The SMILES string of the molecule is [2H]C1C(=C2c3ccc(Cl)cc3CCc3cccnc32)C([2H])C([2H])([2H])NC1([2H])[2H]. The van der Waals surface area contributed by atoms with Crippen LogP contribution in [0, 0.1) is 0 Å². The van der Waals surface area contributed by atoms with Crippen LogP contribution in [0.3, 0.4) is 0 Å². The second-order valence-corrected chi connectivity index (χ2v) is 5.78. The van der Waals surface area contributed by atoms with E-state index in [0.717, 1.165) is 16.7 Å². The Hall–Kier alpha value is -1.64. The van der Waals surface area contributed by atoms with E-state index in [1.54, 1.807) is 18.3 Å². The molecule has 112 valence electrons. The number of nitrogens with one attached hydrogen (secondary N) is 1. The molecule has 22 heavy (non-hydrogen) atoms.